The van der Waals surface area contributed by atoms with Crippen molar-refractivity contribution in [1.29, 1.82) is 0 Å². The molecule has 1 aliphatic rings. The summed E-state index contributed by atoms with van der Waals surface area (Å²) in [7, 11) is -1.78. The van der Waals surface area contributed by atoms with Crippen molar-refractivity contribution in [1.82, 2.24) is 10.0 Å². The highest BCUT2D eigenvalue weighted by atomic mass is 32.2. The van der Waals surface area contributed by atoms with Gasteiger partial charge in [-0.3, -0.25) is 0 Å². The molecule has 1 aromatic rings. The van der Waals surface area contributed by atoms with Crippen LogP contribution < -0.4 is 10.0 Å². The summed E-state index contributed by atoms with van der Waals surface area (Å²) >= 11 is 0. The van der Waals surface area contributed by atoms with Gasteiger partial charge in [-0.1, -0.05) is 0 Å². The lowest BCUT2D eigenvalue weighted by molar-refractivity contribution is 0.0567. The van der Waals surface area contributed by atoms with Crippen LogP contribution in [0.3, 0.4) is 0 Å². The van der Waals surface area contributed by atoms with Crippen molar-refractivity contribution in [2.45, 2.75) is 24.5 Å². The maximum atomic E-state index is 12.0. The summed E-state index contributed by atoms with van der Waals surface area (Å²) in [5.74, 6) is 0.846. The van der Waals surface area contributed by atoms with Gasteiger partial charge in [-0.2, -0.15) is 0 Å². The van der Waals surface area contributed by atoms with Gasteiger partial charge >= 0.3 is 0 Å². The highest BCUT2D eigenvalue weighted by Crippen LogP contribution is 2.16. The van der Waals surface area contributed by atoms with Crippen LogP contribution in [0, 0.1) is 5.92 Å². The summed E-state index contributed by atoms with van der Waals surface area (Å²) in [6, 6.07) is 3.14. The van der Waals surface area contributed by atoms with E-state index in [1.54, 1.807) is 13.1 Å². The number of nitrogens with one attached hydrogen (secondary N) is 2. The third-order valence-corrected chi connectivity index (χ3v) is 4.37. The summed E-state index contributed by atoms with van der Waals surface area (Å²) in [5.41, 5.74) is 0. The Hall–Kier alpha value is -0.890. The number of hydrogen-bond acceptors (Lipinski definition) is 5. The average Bonchev–Trinajstić information content (AvgIpc) is 2.88. The molecule has 2 heterocycles. The van der Waals surface area contributed by atoms with Crippen molar-refractivity contribution in [3.63, 3.8) is 0 Å². The van der Waals surface area contributed by atoms with E-state index in [0.29, 0.717) is 25.5 Å². The minimum Gasteiger partial charge on any atom is -0.447 e. The molecule has 108 valence electrons. The molecule has 0 bridgehead atoms. The Morgan fingerprint density at radius 1 is 1.42 bits per heavy atom. The van der Waals surface area contributed by atoms with Crippen LogP contribution in [0.25, 0.3) is 0 Å². The topological polar surface area (TPSA) is 80.6 Å². The molecule has 1 fully saturated rings. The Morgan fingerprint density at radius 2 is 2.26 bits per heavy atom. The van der Waals surface area contributed by atoms with Gasteiger partial charge in [0.25, 0.3) is 10.0 Å². The number of sulfonamides is 1. The van der Waals surface area contributed by atoms with Crippen molar-refractivity contribution >= 4 is 10.0 Å². The maximum Gasteiger partial charge on any atom is 0.273 e. The van der Waals surface area contributed by atoms with E-state index in [1.807, 2.05) is 0 Å². The van der Waals surface area contributed by atoms with Gasteiger partial charge in [0.1, 0.15) is 5.76 Å². The summed E-state index contributed by atoms with van der Waals surface area (Å²) < 4.78 is 37.2. The van der Waals surface area contributed by atoms with E-state index in [4.69, 9.17) is 9.15 Å². The fourth-order valence-corrected chi connectivity index (χ4v) is 3.10. The molecule has 7 heteroatoms. The second-order valence-corrected chi connectivity index (χ2v) is 6.38. The van der Waals surface area contributed by atoms with E-state index >= 15 is 0 Å². The smallest absolute Gasteiger partial charge is 0.273 e. The molecular formula is C12H20N2O4S. The zero-order chi connectivity index (χ0) is 13.7. The zero-order valence-corrected chi connectivity index (χ0v) is 11.8. The van der Waals surface area contributed by atoms with Crippen molar-refractivity contribution in [2.75, 3.05) is 26.8 Å². The van der Waals surface area contributed by atoms with Gasteiger partial charge in [0, 0.05) is 13.2 Å². The minimum atomic E-state index is -3.56. The Labute approximate surface area is 113 Å². The van der Waals surface area contributed by atoms with Gasteiger partial charge in [0.2, 0.25) is 5.09 Å². The predicted molar refractivity (Wildman–Crippen MR) is 70.2 cm³/mol. The molecule has 0 spiro atoms. The van der Waals surface area contributed by atoms with Crippen LogP contribution in [0.5, 0.6) is 0 Å². The molecule has 2 rings (SSSR count). The van der Waals surface area contributed by atoms with Crippen molar-refractivity contribution < 1.29 is 17.6 Å². The fourth-order valence-electron chi connectivity index (χ4n) is 2.04. The molecule has 0 amide bonds. The summed E-state index contributed by atoms with van der Waals surface area (Å²) in [6.07, 6.45) is 1.98. The number of hydrogen-bond donors (Lipinski definition) is 2. The zero-order valence-electron chi connectivity index (χ0n) is 11.0. The first-order valence-corrected chi connectivity index (χ1v) is 7.91. The van der Waals surface area contributed by atoms with Crippen LogP contribution in [0.4, 0.5) is 0 Å². The van der Waals surface area contributed by atoms with Crippen molar-refractivity contribution in [2.24, 2.45) is 5.92 Å². The highest BCUT2D eigenvalue weighted by Gasteiger charge is 2.21. The van der Waals surface area contributed by atoms with Gasteiger partial charge in [-0.05, 0) is 37.9 Å². The Kier molecular flexibility index (Phi) is 4.98. The van der Waals surface area contributed by atoms with Crippen molar-refractivity contribution in [3.8, 4) is 0 Å². The quantitative estimate of drug-likeness (QED) is 0.805. The predicted octanol–water partition coefficient (Wildman–Crippen LogP) is 0.704. The van der Waals surface area contributed by atoms with Gasteiger partial charge in [0.05, 0.1) is 13.2 Å². The minimum absolute atomic E-state index is 0.0329. The highest BCUT2D eigenvalue weighted by molar-refractivity contribution is 7.89. The molecule has 1 aliphatic heterocycles. The first-order valence-electron chi connectivity index (χ1n) is 6.42. The Bertz CT molecular complexity index is 492. The molecule has 0 aromatic carbocycles. The number of ether oxygens (including phenoxy) is 1. The first kappa shape index (κ1) is 14.5. The van der Waals surface area contributed by atoms with E-state index in [0.717, 1.165) is 19.4 Å². The molecule has 1 atom stereocenters. The van der Waals surface area contributed by atoms with E-state index in [2.05, 4.69) is 10.0 Å². The second kappa shape index (κ2) is 6.51. The Morgan fingerprint density at radius 3 is 2.95 bits per heavy atom. The largest absolute Gasteiger partial charge is 0.447 e. The summed E-state index contributed by atoms with van der Waals surface area (Å²) in [6.45, 7) is 2.29. The molecule has 1 aromatic heterocycles. The average molecular weight is 288 g/mol. The molecule has 1 unspecified atom stereocenters. The van der Waals surface area contributed by atoms with E-state index in [1.165, 1.54) is 6.07 Å². The maximum absolute atomic E-state index is 12.0. The van der Waals surface area contributed by atoms with E-state index in [-0.39, 0.29) is 11.0 Å². The third kappa shape index (κ3) is 4.04. The van der Waals surface area contributed by atoms with Crippen LogP contribution in [0.2, 0.25) is 0 Å². The lowest BCUT2D eigenvalue weighted by atomic mass is 10.0. The van der Waals surface area contributed by atoms with Gasteiger partial charge < -0.3 is 14.5 Å². The monoisotopic (exact) mass is 288 g/mol. The molecule has 2 N–H and O–H groups in total. The SMILES string of the molecule is CNCc1ccc(S(=O)(=O)NCC2CCCOC2)o1. The standard InChI is InChI=1S/C12H20N2O4S/c1-13-8-11-4-5-12(18-11)19(15,16)14-7-10-3-2-6-17-9-10/h4-5,10,13-14H,2-3,6-9H2,1H3. The summed E-state index contributed by atoms with van der Waals surface area (Å²) in [4.78, 5) is 0. The fraction of sp³-hybridized carbons (Fsp3) is 0.667. The van der Waals surface area contributed by atoms with E-state index in [9.17, 15) is 8.42 Å². The molecule has 6 nitrogen and oxygen atoms in total. The van der Waals surface area contributed by atoms with Crippen LogP contribution in [0.1, 0.15) is 18.6 Å². The molecule has 19 heavy (non-hydrogen) atoms. The number of rotatable bonds is 6. The second-order valence-electron chi connectivity index (χ2n) is 4.69. The van der Waals surface area contributed by atoms with Gasteiger partial charge in [-0.15, -0.1) is 0 Å². The van der Waals surface area contributed by atoms with Crippen LogP contribution >= 0.6 is 0 Å². The molecule has 0 saturated carbocycles. The summed E-state index contributed by atoms with van der Waals surface area (Å²) in [5, 5.41) is 2.87. The van der Waals surface area contributed by atoms with Gasteiger partial charge in [-0.25, -0.2) is 13.1 Å². The molecule has 0 aliphatic carbocycles. The Balaban J connectivity index is 1.92. The third-order valence-electron chi connectivity index (χ3n) is 3.07. The normalized spacial score (nSPS) is 20.6. The molecule has 1 saturated heterocycles. The van der Waals surface area contributed by atoms with Crippen LogP contribution in [-0.4, -0.2) is 35.2 Å². The van der Waals surface area contributed by atoms with Crippen LogP contribution in [0.15, 0.2) is 21.6 Å². The van der Waals surface area contributed by atoms with Crippen molar-refractivity contribution in [3.05, 3.63) is 17.9 Å². The van der Waals surface area contributed by atoms with Crippen LogP contribution in [-0.2, 0) is 21.3 Å². The molecule has 0 radical (unpaired) electrons. The first-order chi connectivity index (χ1) is 9.12. The van der Waals surface area contributed by atoms with Gasteiger partial charge in [0.15, 0.2) is 0 Å². The lowest BCUT2D eigenvalue weighted by Gasteiger charge is -2.21. The number of furan rings is 1. The molecular weight excluding hydrogens is 268 g/mol. The van der Waals surface area contributed by atoms with E-state index < -0.39 is 10.0 Å². The lowest BCUT2D eigenvalue weighted by Crippen LogP contribution is -2.33.